The Morgan fingerprint density at radius 3 is 2.84 bits per heavy atom. The lowest BCUT2D eigenvalue weighted by Crippen LogP contribution is -2.17. The fourth-order valence-corrected chi connectivity index (χ4v) is 2.66. The molecule has 0 radical (unpaired) electrons. The Morgan fingerprint density at radius 2 is 2.21 bits per heavy atom. The van der Waals surface area contributed by atoms with Crippen LogP contribution in [0.2, 0.25) is 0 Å². The highest BCUT2D eigenvalue weighted by Gasteiger charge is 2.05. The number of H-pyrrole nitrogens is 1. The molecule has 0 aliphatic heterocycles. The van der Waals surface area contributed by atoms with Crippen LogP contribution in [0.15, 0.2) is 45.3 Å². The smallest absolute Gasteiger partial charge is 0.251 e. The molecule has 100 valence electrons. The van der Waals surface area contributed by atoms with Crippen LogP contribution in [0.3, 0.4) is 0 Å². The number of hydrogen-bond donors (Lipinski definition) is 2. The van der Waals surface area contributed by atoms with Crippen molar-refractivity contribution in [3.63, 3.8) is 0 Å². The van der Waals surface area contributed by atoms with E-state index in [0.29, 0.717) is 5.16 Å². The molecule has 19 heavy (non-hydrogen) atoms. The first-order valence-corrected chi connectivity index (χ1v) is 6.94. The van der Waals surface area contributed by atoms with Crippen LogP contribution in [-0.2, 0) is 6.42 Å². The molecule has 1 aromatic heterocycles. The van der Waals surface area contributed by atoms with Gasteiger partial charge in [-0.05, 0) is 37.5 Å². The van der Waals surface area contributed by atoms with Gasteiger partial charge in [0, 0.05) is 23.2 Å². The van der Waals surface area contributed by atoms with Crippen LogP contribution in [0.5, 0.6) is 0 Å². The molecule has 0 bridgehead atoms. The van der Waals surface area contributed by atoms with Crippen LogP contribution in [0.25, 0.3) is 0 Å². The molecule has 0 aliphatic carbocycles. The number of benzene rings is 1. The molecule has 2 rings (SSSR count). The van der Waals surface area contributed by atoms with Gasteiger partial charge < -0.3 is 10.7 Å². The lowest BCUT2D eigenvalue weighted by Gasteiger charge is -2.09. The molecule has 4 nitrogen and oxygen atoms in total. The Kier molecular flexibility index (Phi) is 4.39. The van der Waals surface area contributed by atoms with Gasteiger partial charge in [-0.15, -0.1) is 0 Å². The summed E-state index contributed by atoms with van der Waals surface area (Å²) in [4.78, 5) is 19.1. The first-order chi connectivity index (χ1) is 9.04. The lowest BCUT2D eigenvalue weighted by atomic mass is 10.1. The maximum Gasteiger partial charge on any atom is 0.251 e. The normalized spacial score (nSPS) is 12.4. The molecule has 5 heteroatoms. The van der Waals surface area contributed by atoms with Crippen molar-refractivity contribution in [2.45, 2.75) is 36.4 Å². The summed E-state index contributed by atoms with van der Waals surface area (Å²) in [6, 6.07) is 7.81. The van der Waals surface area contributed by atoms with Crippen molar-refractivity contribution in [3.8, 4) is 0 Å². The molecule has 2 aromatic rings. The third-order valence-corrected chi connectivity index (χ3v) is 3.73. The van der Waals surface area contributed by atoms with Crippen LogP contribution >= 0.6 is 11.8 Å². The number of aromatic amines is 1. The number of nitrogens with two attached hydrogens (primary N) is 1. The quantitative estimate of drug-likeness (QED) is 0.838. The summed E-state index contributed by atoms with van der Waals surface area (Å²) in [5.41, 5.74) is 8.05. The zero-order valence-corrected chi connectivity index (χ0v) is 11.8. The number of aromatic nitrogens is 2. The van der Waals surface area contributed by atoms with Crippen LogP contribution < -0.4 is 11.3 Å². The average molecular weight is 275 g/mol. The molecular formula is C14H17N3OS. The van der Waals surface area contributed by atoms with E-state index in [4.69, 9.17) is 5.73 Å². The van der Waals surface area contributed by atoms with E-state index in [-0.39, 0.29) is 11.6 Å². The van der Waals surface area contributed by atoms with Crippen molar-refractivity contribution < 1.29 is 0 Å². The van der Waals surface area contributed by atoms with Gasteiger partial charge in [-0.25, -0.2) is 4.98 Å². The molecule has 0 aliphatic rings. The highest BCUT2D eigenvalue weighted by atomic mass is 32.2. The Balaban J connectivity index is 2.19. The van der Waals surface area contributed by atoms with Crippen LogP contribution in [-0.4, -0.2) is 16.0 Å². The molecule has 0 fully saturated rings. The minimum atomic E-state index is -0.135. The summed E-state index contributed by atoms with van der Waals surface area (Å²) in [7, 11) is 0. The van der Waals surface area contributed by atoms with Gasteiger partial charge in [0.2, 0.25) is 0 Å². The Labute approximate surface area is 116 Å². The predicted octanol–water partition coefficient (Wildman–Crippen LogP) is 2.12. The van der Waals surface area contributed by atoms with E-state index in [9.17, 15) is 4.79 Å². The maximum atomic E-state index is 11.2. The number of aryl methyl sites for hydroxylation is 1. The third kappa shape index (κ3) is 3.94. The fourth-order valence-electron chi connectivity index (χ4n) is 1.83. The van der Waals surface area contributed by atoms with Crippen molar-refractivity contribution in [2.75, 3.05) is 0 Å². The zero-order chi connectivity index (χ0) is 13.8. The van der Waals surface area contributed by atoms with Gasteiger partial charge in [-0.3, -0.25) is 4.79 Å². The largest absolute Gasteiger partial charge is 0.328 e. The van der Waals surface area contributed by atoms with Gasteiger partial charge in [-0.2, -0.15) is 0 Å². The summed E-state index contributed by atoms with van der Waals surface area (Å²) in [5, 5.41) is 0.607. The highest BCUT2D eigenvalue weighted by molar-refractivity contribution is 7.99. The molecule has 3 N–H and O–H groups in total. The second-order valence-corrected chi connectivity index (χ2v) is 5.65. The van der Waals surface area contributed by atoms with Gasteiger partial charge in [0.05, 0.1) is 0 Å². The minimum absolute atomic E-state index is 0.135. The van der Waals surface area contributed by atoms with Crippen LogP contribution in [0.1, 0.15) is 18.1 Å². The number of hydrogen-bond acceptors (Lipinski definition) is 4. The highest BCUT2D eigenvalue weighted by Crippen LogP contribution is 2.27. The molecule has 0 saturated heterocycles. The summed E-state index contributed by atoms with van der Waals surface area (Å²) < 4.78 is 0. The Hall–Kier alpha value is -1.59. The van der Waals surface area contributed by atoms with Crippen molar-refractivity contribution in [1.29, 1.82) is 0 Å². The van der Waals surface area contributed by atoms with Gasteiger partial charge in [0.25, 0.3) is 5.56 Å². The van der Waals surface area contributed by atoms with Crippen molar-refractivity contribution in [2.24, 2.45) is 5.73 Å². The summed E-state index contributed by atoms with van der Waals surface area (Å²) >= 11 is 1.46. The maximum absolute atomic E-state index is 11.2. The Bertz CT molecular complexity index is 622. The van der Waals surface area contributed by atoms with Crippen LogP contribution in [0.4, 0.5) is 0 Å². The zero-order valence-electron chi connectivity index (χ0n) is 11.0. The number of nitrogens with one attached hydrogen (secondary N) is 1. The van der Waals surface area contributed by atoms with E-state index in [1.165, 1.54) is 29.6 Å². The average Bonchev–Trinajstić information content (AvgIpc) is 2.32. The predicted molar refractivity (Wildman–Crippen MR) is 77.5 cm³/mol. The topological polar surface area (TPSA) is 71.8 Å². The molecule has 1 heterocycles. The standard InChI is InChI=1S/C14H17N3OS/c1-9-7-11(8-10(2)15)3-4-12(9)19-14-16-6-5-13(18)17-14/h3-7,10H,8,15H2,1-2H3,(H,16,17,18). The van der Waals surface area contributed by atoms with Gasteiger partial charge in [0.15, 0.2) is 5.16 Å². The molecule has 0 spiro atoms. The molecule has 0 amide bonds. The van der Waals surface area contributed by atoms with E-state index in [0.717, 1.165) is 16.9 Å². The van der Waals surface area contributed by atoms with E-state index in [1.54, 1.807) is 0 Å². The van der Waals surface area contributed by atoms with E-state index < -0.39 is 0 Å². The van der Waals surface area contributed by atoms with Gasteiger partial charge >= 0.3 is 0 Å². The summed E-state index contributed by atoms with van der Waals surface area (Å²) in [6.07, 6.45) is 2.38. The Morgan fingerprint density at radius 1 is 1.42 bits per heavy atom. The van der Waals surface area contributed by atoms with Gasteiger partial charge in [0.1, 0.15) is 0 Å². The number of nitrogens with zero attached hydrogens (tertiary/aromatic N) is 1. The third-order valence-electron chi connectivity index (χ3n) is 2.65. The van der Waals surface area contributed by atoms with E-state index in [2.05, 4.69) is 22.1 Å². The molecule has 1 unspecified atom stereocenters. The summed E-state index contributed by atoms with van der Waals surface area (Å²) in [5.74, 6) is 0. The fraction of sp³-hybridized carbons (Fsp3) is 0.286. The van der Waals surface area contributed by atoms with Crippen LogP contribution in [0, 0.1) is 6.92 Å². The van der Waals surface area contributed by atoms with Crippen molar-refractivity contribution in [3.05, 3.63) is 51.9 Å². The lowest BCUT2D eigenvalue weighted by molar-refractivity contribution is 0.737. The monoisotopic (exact) mass is 275 g/mol. The molecule has 1 aromatic carbocycles. The molecule has 1 atom stereocenters. The summed E-state index contributed by atoms with van der Waals surface area (Å²) in [6.45, 7) is 4.05. The minimum Gasteiger partial charge on any atom is -0.328 e. The SMILES string of the molecule is Cc1cc(CC(C)N)ccc1Sc1nccc(=O)[nH]1. The van der Waals surface area contributed by atoms with Crippen molar-refractivity contribution in [1.82, 2.24) is 9.97 Å². The van der Waals surface area contributed by atoms with E-state index in [1.807, 2.05) is 19.9 Å². The second-order valence-electron chi connectivity index (χ2n) is 4.62. The van der Waals surface area contributed by atoms with Crippen molar-refractivity contribution >= 4 is 11.8 Å². The second kappa shape index (κ2) is 6.04. The first kappa shape index (κ1) is 13.8. The number of rotatable bonds is 4. The van der Waals surface area contributed by atoms with Gasteiger partial charge in [-0.1, -0.05) is 23.9 Å². The first-order valence-electron chi connectivity index (χ1n) is 6.13. The molecule has 0 saturated carbocycles. The molecular weight excluding hydrogens is 258 g/mol. The van der Waals surface area contributed by atoms with E-state index >= 15 is 0 Å².